The van der Waals surface area contributed by atoms with Crippen LogP contribution in [0.15, 0.2) is 16.6 Å². The molecule has 0 atom stereocenters. The van der Waals surface area contributed by atoms with Crippen molar-refractivity contribution >= 4 is 11.6 Å². The fourth-order valence-electron chi connectivity index (χ4n) is 1.33. The number of Topliss-reactive ketones (excluding diaryl/α,β-unsaturated/α-hetero) is 1. The van der Waals surface area contributed by atoms with Gasteiger partial charge in [0.2, 0.25) is 0 Å². The Morgan fingerprint density at radius 3 is 2.93 bits per heavy atom. The van der Waals surface area contributed by atoms with Gasteiger partial charge >= 0.3 is 0 Å². The van der Waals surface area contributed by atoms with E-state index in [2.05, 4.69) is 29.5 Å². The molecule has 0 unspecified atom stereocenters. The van der Waals surface area contributed by atoms with Gasteiger partial charge in [0, 0.05) is 11.6 Å². The normalized spacial score (nSPS) is 15.2. The molecule has 4 nitrogen and oxygen atoms in total. The molecule has 0 aromatic carbocycles. The van der Waals surface area contributed by atoms with E-state index in [4.69, 9.17) is 0 Å². The Morgan fingerprint density at radius 2 is 2.33 bits per heavy atom. The van der Waals surface area contributed by atoms with Gasteiger partial charge in [0.15, 0.2) is 5.78 Å². The molecule has 0 amide bonds. The molecule has 0 fully saturated rings. The van der Waals surface area contributed by atoms with E-state index in [0.29, 0.717) is 19.1 Å². The maximum absolute atomic E-state index is 11.6. The van der Waals surface area contributed by atoms with Crippen molar-refractivity contribution in [2.24, 2.45) is 4.99 Å². The van der Waals surface area contributed by atoms with E-state index in [-0.39, 0.29) is 5.78 Å². The first-order valence-electron chi connectivity index (χ1n) is 5.39. The maximum Gasteiger partial charge on any atom is 0.174 e. The highest BCUT2D eigenvalue weighted by atomic mass is 16.1. The van der Waals surface area contributed by atoms with Gasteiger partial charge in [-0.3, -0.25) is 9.79 Å². The average Bonchev–Trinajstić information content (AvgIpc) is 2.61. The summed E-state index contributed by atoms with van der Waals surface area (Å²) in [4.78, 5) is 15.9. The summed E-state index contributed by atoms with van der Waals surface area (Å²) < 4.78 is 0. The first kappa shape index (κ1) is 11.9. The molecule has 84 valence electrons. The van der Waals surface area contributed by atoms with Crippen molar-refractivity contribution in [1.29, 1.82) is 0 Å². The summed E-state index contributed by atoms with van der Waals surface area (Å²) in [6.45, 7) is 7.82. The molecule has 0 spiro atoms. The molecule has 0 saturated heterocycles. The third kappa shape index (κ3) is 3.83. The molecule has 0 saturated carbocycles. The van der Waals surface area contributed by atoms with Crippen molar-refractivity contribution in [2.45, 2.75) is 26.8 Å². The van der Waals surface area contributed by atoms with Crippen LogP contribution in [0.5, 0.6) is 0 Å². The van der Waals surface area contributed by atoms with Crippen molar-refractivity contribution < 1.29 is 4.79 Å². The van der Waals surface area contributed by atoms with E-state index in [1.54, 1.807) is 0 Å². The number of nitrogens with zero attached hydrogens (tertiary/aromatic N) is 1. The number of likely N-dealkylation sites (N-methyl/N-ethyl adjacent to an activating group) is 1. The molecule has 0 aromatic rings. The van der Waals surface area contributed by atoms with Crippen molar-refractivity contribution in [3.8, 4) is 0 Å². The number of aliphatic imine (C=N–C) groups is 1. The van der Waals surface area contributed by atoms with Crippen molar-refractivity contribution in [3.05, 3.63) is 11.6 Å². The smallest absolute Gasteiger partial charge is 0.174 e. The highest BCUT2D eigenvalue weighted by molar-refractivity contribution is 6.07. The van der Waals surface area contributed by atoms with Crippen LogP contribution in [0.4, 0.5) is 0 Å². The Labute approximate surface area is 90.8 Å². The zero-order valence-electron chi connectivity index (χ0n) is 9.63. The molecule has 1 rings (SSSR count). The molecule has 0 bridgehead atoms. The summed E-state index contributed by atoms with van der Waals surface area (Å²) >= 11 is 0. The van der Waals surface area contributed by atoms with Crippen LogP contribution in [0.1, 0.15) is 20.8 Å². The van der Waals surface area contributed by atoms with Crippen LogP contribution in [0.3, 0.4) is 0 Å². The summed E-state index contributed by atoms with van der Waals surface area (Å²) in [5.74, 6) is 0.964. The summed E-state index contributed by atoms with van der Waals surface area (Å²) in [7, 11) is 0. The van der Waals surface area contributed by atoms with Gasteiger partial charge in [0.25, 0.3) is 0 Å². The third-order valence-electron chi connectivity index (χ3n) is 2.06. The Balaban J connectivity index is 2.44. The fourth-order valence-corrected chi connectivity index (χ4v) is 1.33. The number of hydrogen-bond donors (Lipinski definition) is 2. The molecular weight excluding hydrogens is 190 g/mol. The van der Waals surface area contributed by atoms with Crippen LogP contribution in [-0.4, -0.2) is 37.3 Å². The number of carbonyl (C=O) groups excluding carboxylic acids is 1. The predicted octanol–water partition coefficient (Wildman–Crippen LogP) is 0.501. The second kappa shape index (κ2) is 5.66. The molecule has 1 aliphatic heterocycles. The molecule has 1 aliphatic rings. The number of hydrogen-bond acceptors (Lipinski definition) is 4. The van der Waals surface area contributed by atoms with Crippen LogP contribution in [0.25, 0.3) is 0 Å². The van der Waals surface area contributed by atoms with Crippen molar-refractivity contribution in [1.82, 2.24) is 10.6 Å². The van der Waals surface area contributed by atoms with Gasteiger partial charge in [-0.2, -0.15) is 0 Å². The van der Waals surface area contributed by atoms with E-state index in [0.717, 1.165) is 18.0 Å². The highest BCUT2D eigenvalue weighted by Crippen LogP contribution is 2.05. The second-order valence-corrected chi connectivity index (χ2v) is 3.87. The minimum atomic E-state index is 0.140. The van der Waals surface area contributed by atoms with E-state index in [9.17, 15) is 4.79 Å². The molecule has 15 heavy (non-hydrogen) atoms. The van der Waals surface area contributed by atoms with Crippen molar-refractivity contribution in [3.63, 3.8) is 0 Å². The summed E-state index contributed by atoms with van der Waals surface area (Å²) in [6, 6.07) is 0.350. The monoisotopic (exact) mass is 209 g/mol. The highest BCUT2D eigenvalue weighted by Gasteiger charge is 2.14. The third-order valence-corrected chi connectivity index (χ3v) is 2.06. The Kier molecular flexibility index (Phi) is 4.49. The van der Waals surface area contributed by atoms with Crippen molar-refractivity contribution in [2.75, 3.05) is 19.6 Å². The summed E-state index contributed by atoms with van der Waals surface area (Å²) in [5, 5.41) is 6.20. The van der Waals surface area contributed by atoms with Gasteiger partial charge in [-0.25, -0.2) is 0 Å². The van der Waals surface area contributed by atoms with Gasteiger partial charge in [-0.05, 0) is 26.5 Å². The zero-order valence-corrected chi connectivity index (χ0v) is 9.63. The standard InChI is InChI=1S/C11H19N3O/c1-4-12-7-10(15)9-5-11(13-6-9)14-8(2)3/h5,8,12H,4,6-7H2,1-3H3,(H,13,14). The number of nitrogens with one attached hydrogen (secondary N) is 2. The zero-order chi connectivity index (χ0) is 11.3. The lowest BCUT2D eigenvalue weighted by Gasteiger charge is -2.06. The van der Waals surface area contributed by atoms with E-state index in [1.807, 2.05) is 13.0 Å². The average molecular weight is 209 g/mol. The first-order chi connectivity index (χ1) is 7.13. The molecular formula is C11H19N3O. The summed E-state index contributed by atoms with van der Waals surface area (Å²) in [6.07, 6.45) is 1.85. The number of carbonyl (C=O) groups is 1. The molecule has 0 aliphatic carbocycles. The van der Waals surface area contributed by atoms with Crippen LogP contribution in [0, 0.1) is 0 Å². The quantitative estimate of drug-likeness (QED) is 0.693. The van der Waals surface area contributed by atoms with Crippen LogP contribution in [-0.2, 0) is 4.79 Å². The summed E-state index contributed by atoms with van der Waals surface area (Å²) in [5.41, 5.74) is 0.791. The molecule has 4 heteroatoms. The van der Waals surface area contributed by atoms with E-state index in [1.165, 1.54) is 0 Å². The Hall–Kier alpha value is -1.16. The lowest BCUT2D eigenvalue weighted by atomic mass is 10.1. The maximum atomic E-state index is 11.6. The lowest BCUT2D eigenvalue weighted by Crippen LogP contribution is -2.28. The van der Waals surface area contributed by atoms with Crippen LogP contribution < -0.4 is 10.6 Å². The van der Waals surface area contributed by atoms with E-state index < -0.39 is 0 Å². The number of ketones is 1. The van der Waals surface area contributed by atoms with Gasteiger partial charge in [0.05, 0.1) is 13.1 Å². The Morgan fingerprint density at radius 1 is 1.60 bits per heavy atom. The van der Waals surface area contributed by atoms with Gasteiger partial charge < -0.3 is 10.6 Å². The minimum absolute atomic E-state index is 0.140. The van der Waals surface area contributed by atoms with E-state index >= 15 is 0 Å². The molecule has 2 N–H and O–H groups in total. The lowest BCUT2D eigenvalue weighted by molar-refractivity contribution is -0.114. The first-order valence-corrected chi connectivity index (χ1v) is 5.39. The Bertz CT molecular complexity index is 292. The minimum Gasteiger partial charge on any atom is -0.368 e. The predicted molar refractivity (Wildman–Crippen MR) is 62.2 cm³/mol. The van der Waals surface area contributed by atoms with Crippen LogP contribution >= 0.6 is 0 Å². The topological polar surface area (TPSA) is 53.5 Å². The van der Waals surface area contributed by atoms with Gasteiger partial charge in [-0.15, -0.1) is 0 Å². The van der Waals surface area contributed by atoms with Gasteiger partial charge in [-0.1, -0.05) is 6.92 Å². The van der Waals surface area contributed by atoms with Crippen LogP contribution in [0.2, 0.25) is 0 Å². The number of rotatable bonds is 5. The number of amidine groups is 1. The fraction of sp³-hybridized carbons (Fsp3) is 0.636. The SMILES string of the molecule is CCNCC(=O)C1=CC(NC(C)C)=NC1. The molecule has 0 aromatic heterocycles. The molecule has 1 heterocycles. The van der Waals surface area contributed by atoms with Gasteiger partial charge in [0.1, 0.15) is 5.84 Å². The largest absolute Gasteiger partial charge is 0.368 e. The second-order valence-electron chi connectivity index (χ2n) is 3.87. The molecule has 0 radical (unpaired) electrons.